The second kappa shape index (κ2) is 7.17. The number of fused-ring (bicyclic) bond motifs is 1. The molecule has 2 aromatic heterocycles. The number of hydrogen-bond acceptors (Lipinski definition) is 6. The van der Waals surface area contributed by atoms with Gasteiger partial charge in [0.05, 0.1) is 11.1 Å². The second-order valence-electron chi connectivity index (χ2n) is 6.25. The van der Waals surface area contributed by atoms with E-state index < -0.39 is 0 Å². The van der Waals surface area contributed by atoms with E-state index in [1.165, 1.54) is 5.56 Å². The van der Waals surface area contributed by atoms with Gasteiger partial charge in [-0.2, -0.15) is 5.10 Å². The Morgan fingerprint density at radius 3 is 2.52 bits per heavy atom. The number of rotatable bonds is 4. The third kappa shape index (κ3) is 3.66. The highest BCUT2D eigenvalue weighted by Gasteiger charge is 2.11. The van der Waals surface area contributed by atoms with Crippen LogP contribution >= 0.6 is 11.3 Å². The molecule has 0 bridgehead atoms. The molecule has 0 fully saturated rings. The molecule has 134 valence electrons. The molecule has 0 aliphatic rings. The summed E-state index contributed by atoms with van der Waals surface area (Å²) in [6.07, 6.45) is 0. The number of nitrogens with two attached hydrogens (primary N) is 1. The lowest BCUT2D eigenvalue weighted by Crippen LogP contribution is -2.02. The maximum absolute atomic E-state index is 5.75. The molecule has 0 amide bonds. The van der Waals surface area contributed by atoms with E-state index >= 15 is 0 Å². The molecule has 0 aliphatic carbocycles. The topological polar surface area (TPSA) is 76.2 Å². The minimum atomic E-state index is 0.714. The Kier molecular flexibility index (Phi) is 4.56. The SMILES string of the molecule is C/C(=N\Nc1nc(C)nc2sc(-c3ccccc3)cc12)c1ccc(N)cc1. The average Bonchev–Trinajstić information content (AvgIpc) is 3.11. The summed E-state index contributed by atoms with van der Waals surface area (Å²) >= 11 is 1.66. The Hall–Kier alpha value is -3.25. The molecule has 0 saturated carbocycles. The Labute approximate surface area is 161 Å². The van der Waals surface area contributed by atoms with Gasteiger partial charge in [-0.3, -0.25) is 5.43 Å². The van der Waals surface area contributed by atoms with Crippen LogP contribution in [-0.4, -0.2) is 15.7 Å². The van der Waals surface area contributed by atoms with Crippen LogP contribution in [0.3, 0.4) is 0 Å². The second-order valence-corrected chi connectivity index (χ2v) is 7.28. The van der Waals surface area contributed by atoms with Crippen LogP contribution in [0.2, 0.25) is 0 Å². The zero-order chi connectivity index (χ0) is 18.8. The molecule has 0 radical (unpaired) electrons. The summed E-state index contributed by atoms with van der Waals surface area (Å²) in [7, 11) is 0. The number of hydrogen-bond donors (Lipinski definition) is 2. The Bertz CT molecular complexity index is 1110. The van der Waals surface area contributed by atoms with Crippen molar-refractivity contribution >= 4 is 38.8 Å². The first-order valence-electron chi connectivity index (χ1n) is 8.60. The van der Waals surface area contributed by atoms with E-state index in [2.05, 4.69) is 38.7 Å². The standard InChI is InChI=1S/C21H19N5S/c1-13(15-8-10-17(22)11-9-15)25-26-20-18-12-19(16-6-4-3-5-7-16)27-21(18)24-14(2)23-20/h3-12H,22H2,1-2H3,(H,23,24,26)/b25-13+. The number of aryl methyl sites for hydroxylation is 1. The average molecular weight is 373 g/mol. The van der Waals surface area contributed by atoms with Crippen LogP contribution in [0.15, 0.2) is 65.8 Å². The van der Waals surface area contributed by atoms with E-state index in [9.17, 15) is 0 Å². The molecule has 6 heteroatoms. The van der Waals surface area contributed by atoms with Gasteiger partial charge in [0.1, 0.15) is 10.7 Å². The number of nitrogens with zero attached hydrogens (tertiary/aromatic N) is 3. The van der Waals surface area contributed by atoms with Crippen molar-refractivity contribution in [3.8, 4) is 10.4 Å². The first-order valence-corrected chi connectivity index (χ1v) is 9.41. The third-order valence-corrected chi connectivity index (χ3v) is 5.30. The van der Waals surface area contributed by atoms with Gasteiger partial charge < -0.3 is 5.73 Å². The monoisotopic (exact) mass is 373 g/mol. The van der Waals surface area contributed by atoms with Gasteiger partial charge in [0.25, 0.3) is 0 Å². The highest BCUT2D eigenvalue weighted by Crippen LogP contribution is 2.35. The minimum absolute atomic E-state index is 0.714. The maximum Gasteiger partial charge on any atom is 0.158 e. The van der Waals surface area contributed by atoms with Crippen LogP contribution < -0.4 is 11.2 Å². The fraction of sp³-hybridized carbons (Fsp3) is 0.0952. The smallest absolute Gasteiger partial charge is 0.158 e. The fourth-order valence-corrected chi connectivity index (χ4v) is 3.87. The molecule has 0 unspecified atom stereocenters. The summed E-state index contributed by atoms with van der Waals surface area (Å²) in [5, 5.41) is 5.48. The highest BCUT2D eigenvalue weighted by molar-refractivity contribution is 7.21. The highest BCUT2D eigenvalue weighted by atomic mass is 32.1. The number of anilines is 2. The molecule has 5 nitrogen and oxygen atoms in total. The van der Waals surface area contributed by atoms with Crippen molar-refractivity contribution in [3.63, 3.8) is 0 Å². The number of nitrogen functional groups attached to an aromatic ring is 1. The van der Waals surface area contributed by atoms with Gasteiger partial charge in [-0.25, -0.2) is 9.97 Å². The molecule has 0 saturated heterocycles. The summed E-state index contributed by atoms with van der Waals surface area (Å²) in [5.41, 5.74) is 12.6. The number of aromatic nitrogens is 2. The largest absolute Gasteiger partial charge is 0.399 e. The summed E-state index contributed by atoms with van der Waals surface area (Å²) < 4.78 is 0. The molecule has 3 N–H and O–H groups in total. The van der Waals surface area contributed by atoms with Gasteiger partial charge in [0.2, 0.25) is 0 Å². The van der Waals surface area contributed by atoms with E-state index in [4.69, 9.17) is 5.73 Å². The lowest BCUT2D eigenvalue weighted by Gasteiger charge is -2.05. The van der Waals surface area contributed by atoms with Gasteiger partial charge in [-0.1, -0.05) is 42.5 Å². The molecule has 2 heterocycles. The first-order chi connectivity index (χ1) is 13.1. The van der Waals surface area contributed by atoms with Crippen LogP contribution in [0.1, 0.15) is 18.3 Å². The van der Waals surface area contributed by atoms with Crippen LogP contribution in [0.5, 0.6) is 0 Å². The molecule has 0 spiro atoms. The van der Waals surface area contributed by atoms with E-state index in [1.807, 2.05) is 56.3 Å². The van der Waals surface area contributed by atoms with Crippen LogP contribution in [-0.2, 0) is 0 Å². The minimum Gasteiger partial charge on any atom is -0.399 e. The van der Waals surface area contributed by atoms with E-state index in [0.29, 0.717) is 11.6 Å². The molecule has 4 rings (SSSR count). The molecule has 2 aromatic carbocycles. The van der Waals surface area contributed by atoms with Gasteiger partial charge in [-0.15, -0.1) is 11.3 Å². The van der Waals surface area contributed by atoms with Crippen molar-refractivity contribution in [2.24, 2.45) is 5.10 Å². The Morgan fingerprint density at radius 1 is 1.04 bits per heavy atom. The first kappa shape index (κ1) is 17.2. The summed E-state index contributed by atoms with van der Waals surface area (Å²) in [6, 6.07) is 20.0. The van der Waals surface area contributed by atoms with Gasteiger partial charge in [0, 0.05) is 10.6 Å². The molecule has 27 heavy (non-hydrogen) atoms. The zero-order valence-electron chi connectivity index (χ0n) is 15.1. The van der Waals surface area contributed by atoms with Crippen molar-refractivity contribution in [3.05, 3.63) is 72.1 Å². The lowest BCUT2D eigenvalue weighted by atomic mass is 10.1. The van der Waals surface area contributed by atoms with Crippen molar-refractivity contribution in [2.45, 2.75) is 13.8 Å². The molecular weight excluding hydrogens is 354 g/mol. The van der Waals surface area contributed by atoms with Gasteiger partial charge in [0.15, 0.2) is 5.82 Å². The van der Waals surface area contributed by atoms with Crippen LogP contribution in [0, 0.1) is 6.92 Å². The fourth-order valence-electron chi connectivity index (χ4n) is 2.78. The normalized spacial score (nSPS) is 11.7. The Morgan fingerprint density at radius 2 is 1.78 bits per heavy atom. The maximum atomic E-state index is 5.75. The van der Waals surface area contributed by atoms with Crippen molar-refractivity contribution < 1.29 is 0 Å². The number of nitrogens with one attached hydrogen (secondary N) is 1. The van der Waals surface area contributed by atoms with Gasteiger partial charge >= 0.3 is 0 Å². The van der Waals surface area contributed by atoms with Crippen LogP contribution in [0.4, 0.5) is 11.5 Å². The van der Waals surface area contributed by atoms with E-state index in [0.717, 1.165) is 32.1 Å². The van der Waals surface area contributed by atoms with E-state index in [1.54, 1.807) is 11.3 Å². The molecular formula is C21H19N5S. The number of thiophene rings is 1. The summed E-state index contributed by atoms with van der Waals surface area (Å²) in [6.45, 7) is 3.84. The van der Waals surface area contributed by atoms with Crippen molar-refractivity contribution in [1.29, 1.82) is 0 Å². The number of benzene rings is 2. The summed E-state index contributed by atoms with van der Waals surface area (Å²) in [4.78, 5) is 11.2. The molecule has 0 atom stereocenters. The van der Waals surface area contributed by atoms with Crippen LogP contribution in [0.25, 0.3) is 20.7 Å². The van der Waals surface area contributed by atoms with Gasteiger partial charge in [-0.05, 0) is 43.2 Å². The molecule has 4 aromatic rings. The molecule has 0 aliphatic heterocycles. The third-order valence-electron chi connectivity index (χ3n) is 4.22. The summed E-state index contributed by atoms with van der Waals surface area (Å²) in [5.74, 6) is 1.43. The Balaban J connectivity index is 1.69. The lowest BCUT2D eigenvalue weighted by molar-refractivity contribution is 1.08. The zero-order valence-corrected chi connectivity index (χ0v) is 15.9. The predicted octanol–water partition coefficient (Wildman–Crippen LogP) is 5.09. The quantitative estimate of drug-likeness (QED) is 0.297. The van der Waals surface area contributed by atoms with E-state index in [-0.39, 0.29) is 0 Å². The number of hydrazone groups is 1. The predicted molar refractivity (Wildman–Crippen MR) is 114 cm³/mol. The van der Waals surface area contributed by atoms with Crippen molar-refractivity contribution in [2.75, 3.05) is 11.2 Å². The van der Waals surface area contributed by atoms with Crippen molar-refractivity contribution in [1.82, 2.24) is 9.97 Å².